The zero-order valence-electron chi connectivity index (χ0n) is 35.2. The van der Waals surface area contributed by atoms with Gasteiger partial charge < -0.3 is 9.47 Å². The Hall–Kier alpha value is -8.46. The first-order chi connectivity index (χ1) is 31.6. The van der Waals surface area contributed by atoms with Gasteiger partial charge in [-0.3, -0.25) is 0 Å². The quantitative estimate of drug-likeness (QED) is 0.148. The van der Waals surface area contributed by atoms with E-state index in [2.05, 4.69) is 259 Å². The molecule has 1 aromatic heterocycles. The van der Waals surface area contributed by atoms with Crippen LogP contribution in [0.5, 0.6) is 0 Å². The molecule has 0 aliphatic heterocycles. The number of nitrogens with zero attached hydrogens (tertiary/aromatic N) is 2. The van der Waals surface area contributed by atoms with E-state index in [0.717, 1.165) is 28.3 Å². The van der Waals surface area contributed by atoms with E-state index in [1.165, 1.54) is 88.6 Å². The number of benzene rings is 10. The number of aromatic nitrogens is 1. The van der Waals surface area contributed by atoms with Crippen molar-refractivity contribution in [1.29, 1.82) is 0 Å². The lowest BCUT2D eigenvalue weighted by molar-refractivity contribution is 1.18. The summed E-state index contributed by atoms with van der Waals surface area (Å²) in [5, 5.41) is 2.48. The second-order valence-corrected chi connectivity index (χ2v) is 16.6. The van der Waals surface area contributed by atoms with E-state index in [-0.39, 0.29) is 0 Å². The summed E-state index contributed by atoms with van der Waals surface area (Å²) >= 11 is 0. The van der Waals surface area contributed by atoms with Gasteiger partial charge in [-0.25, -0.2) is 0 Å². The minimum Gasteiger partial charge on any atom is -0.310 e. The number of fused-ring (bicyclic) bond motifs is 6. The highest BCUT2D eigenvalue weighted by Gasteiger charge is 2.24. The summed E-state index contributed by atoms with van der Waals surface area (Å²) in [4.78, 5) is 2.37. The molecule has 12 rings (SSSR count). The highest BCUT2D eigenvalue weighted by atomic mass is 15.1. The zero-order chi connectivity index (χ0) is 42.6. The van der Waals surface area contributed by atoms with Gasteiger partial charge in [0.05, 0.1) is 11.0 Å². The van der Waals surface area contributed by atoms with Crippen LogP contribution >= 0.6 is 0 Å². The lowest BCUT2D eigenvalue weighted by atomic mass is 9.98. The summed E-state index contributed by atoms with van der Waals surface area (Å²) < 4.78 is 2.39. The molecule has 2 heteroatoms. The second kappa shape index (κ2) is 15.5. The van der Waals surface area contributed by atoms with Gasteiger partial charge in [-0.2, -0.15) is 0 Å². The SMILES string of the molecule is C=C1c2ccccc2-c2ccc(N(c3ccc(-c4cccc(-c5ccccc5)c4)cc3)c3ccc(-c4ccc5c(c4)c4ccccc4n5-c4ccc(-c5ccccc5)cc4)cc3)cc21. The number of para-hydroxylation sites is 1. The van der Waals surface area contributed by atoms with Gasteiger partial charge in [-0.15, -0.1) is 0 Å². The fraction of sp³-hybridized carbons (Fsp3) is 0. The summed E-state index contributed by atoms with van der Waals surface area (Å²) in [5.41, 5.74) is 22.3. The fourth-order valence-electron chi connectivity index (χ4n) is 9.71. The first-order valence-electron chi connectivity index (χ1n) is 21.9. The highest BCUT2D eigenvalue weighted by Crippen LogP contribution is 2.47. The molecule has 0 fully saturated rings. The average Bonchev–Trinajstić information content (AvgIpc) is 3.86. The highest BCUT2D eigenvalue weighted by molar-refractivity contribution is 6.10. The van der Waals surface area contributed by atoms with Crippen molar-refractivity contribution >= 4 is 44.4 Å². The van der Waals surface area contributed by atoms with Gasteiger partial charge >= 0.3 is 0 Å². The first kappa shape index (κ1) is 37.3. The molecular formula is C62H42N2. The van der Waals surface area contributed by atoms with Gasteiger partial charge in [0.15, 0.2) is 0 Å². The van der Waals surface area contributed by atoms with Crippen LogP contribution in [0.2, 0.25) is 0 Å². The maximum Gasteiger partial charge on any atom is 0.0541 e. The Balaban J connectivity index is 0.913. The Labute approximate surface area is 373 Å². The molecular weight excluding hydrogens is 773 g/mol. The maximum atomic E-state index is 4.56. The molecule has 0 amide bonds. The molecule has 0 atom stereocenters. The molecule has 0 unspecified atom stereocenters. The molecule has 0 saturated heterocycles. The number of hydrogen-bond donors (Lipinski definition) is 0. The van der Waals surface area contributed by atoms with E-state index in [1.807, 2.05) is 0 Å². The predicted molar refractivity (Wildman–Crippen MR) is 271 cm³/mol. The van der Waals surface area contributed by atoms with Crippen molar-refractivity contribution in [3.8, 4) is 61.3 Å². The molecule has 10 aromatic carbocycles. The summed E-state index contributed by atoms with van der Waals surface area (Å²) in [6, 6.07) is 87.9. The third-order valence-corrected chi connectivity index (χ3v) is 12.9. The van der Waals surface area contributed by atoms with E-state index in [4.69, 9.17) is 0 Å². The van der Waals surface area contributed by atoms with E-state index < -0.39 is 0 Å². The Morgan fingerprint density at radius 3 is 1.41 bits per heavy atom. The van der Waals surface area contributed by atoms with Crippen LogP contribution in [0.4, 0.5) is 17.1 Å². The molecule has 0 bridgehead atoms. The second-order valence-electron chi connectivity index (χ2n) is 16.6. The van der Waals surface area contributed by atoms with Crippen LogP contribution in [0.15, 0.2) is 249 Å². The van der Waals surface area contributed by atoms with Crippen LogP contribution in [0.1, 0.15) is 11.1 Å². The minimum atomic E-state index is 1.07. The predicted octanol–water partition coefficient (Wildman–Crippen LogP) is 17.0. The normalized spacial score (nSPS) is 11.8. The van der Waals surface area contributed by atoms with Crippen LogP contribution in [0, 0.1) is 0 Å². The minimum absolute atomic E-state index is 1.07. The molecule has 1 aliphatic carbocycles. The van der Waals surface area contributed by atoms with Gasteiger partial charge in [0.1, 0.15) is 0 Å². The lowest BCUT2D eigenvalue weighted by Gasteiger charge is -2.26. The van der Waals surface area contributed by atoms with Crippen molar-refractivity contribution in [2.75, 3.05) is 4.90 Å². The summed E-state index contributed by atoms with van der Waals surface area (Å²) in [7, 11) is 0. The zero-order valence-corrected chi connectivity index (χ0v) is 35.2. The Morgan fingerprint density at radius 2 is 0.734 bits per heavy atom. The van der Waals surface area contributed by atoms with Gasteiger partial charge in [-0.05, 0) is 145 Å². The molecule has 0 spiro atoms. The van der Waals surface area contributed by atoms with Gasteiger partial charge in [-0.1, -0.05) is 176 Å². The largest absolute Gasteiger partial charge is 0.310 e. The fourth-order valence-corrected chi connectivity index (χ4v) is 9.71. The van der Waals surface area contributed by atoms with Crippen molar-refractivity contribution in [1.82, 2.24) is 4.57 Å². The van der Waals surface area contributed by atoms with Crippen molar-refractivity contribution in [2.24, 2.45) is 0 Å². The molecule has 300 valence electrons. The van der Waals surface area contributed by atoms with Crippen LogP contribution in [0.25, 0.3) is 88.7 Å². The van der Waals surface area contributed by atoms with E-state index in [1.54, 1.807) is 0 Å². The van der Waals surface area contributed by atoms with Crippen LogP contribution in [0.3, 0.4) is 0 Å². The number of anilines is 3. The number of hydrogen-bond acceptors (Lipinski definition) is 1. The maximum absolute atomic E-state index is 4.56. The number of rotatable bonds is 8. The summed E-state index contributed by atoms with van der Waals surface area (Å²) in [5.74, 6) is 0. The average molecular weight is 815 g/mol. The van der Waals surface area contributed by atoms with Crippen molar-refractivity contribution in [3.05, 3.63) is 260 Å². The molecule has 0 saturated carbocycles. The van der Waals surface area contributed by atoms with Crippen LogP contribution < -0.4 is 4.90 Å². The van der Waals surface area contributed by atoms with Crippen LogP contribution in [-0.2, 0) is 0 Å². The summed E-state index contributed by atoms with van der Waals surface area (Å²) in [6.45, 7) is 4.56. The smallest absolute Gasteiger partial charge is 0.0541 e. The molecule has 11 aromatic rings. The molecule has 2 nitrogen and oxygen atoms in total. The van der Waals surface area contributed by atoms with Gasteiger partial charge in [0.2, 0.25) is 0 Å². The van der Waals surface area contributed by atoms with E-state index in [9.17, 15) is 0 Å². The van der Waals surface area contributed by atoms with E-state index in [0.29, 0.717) is 0 Å². The molecule has 64 heavy (non-hydrogen) atoms. The molecule has 0 N–H and O–H groups in total. The lowest BCUT2D eigenvalue weighted by Crippen LogP contribution is -2.10. The summed E-state index contributed by atoms with van der Waals surface area (Å²) in [6.07, 6.45) is 0. The molecule has 0 radical (unpaired) electrons. The van der Waals surface area contributed by atoms with Crippen molar-refractivity contribution < 1.29 is 0 Å². The molecule has 1 heterocycles. The Bertz CT molecular complexity index is 3520. The monoisotopic (exact) mass is 814 g/mol. The Morgan fingerprint density at radius 1 is 0.281 bits per heavy atom. The molecule has 1 aliphatic rings. The third-order valence-electron chi connectivity index (χ3n) is 12.9. The third kappa shape index (κ3) is 6.44. The van der Waals surface area contributed by atoms with E-state index >= 15 is 0 Å². The van der Waals surface area contributed by atoms with Crippen LogP contribution in [-0.4, -0.2) is 4.57 Å². The van der Waals surface area contributed by atoms with Gasteiger partial charge in [0.25, 0.3) is 0 Å². The first-order valence-corrected chi connectivity index (χ1v) is 21.9. The van der Waals surface area contributed by atoms with Crippen molar-refractivity contribution in [3.63, 3.8) is 0 Å². The van der Waals surface area contributed by atoms with Crippen molar-refractivity contribution in [2.45, 2.75) is 0 Å². The van der Waals surface area contributed by atoms with Gasteiger partial charge in [0, 0.05) is 33.5 Å². The Kier molecular flexibility index (Phi) is 9.02. The topological polar surface area (TPSA) is 8.17 Å². The standard InChI is InChI=1S/C62H42N2/c1-42-55-19-8-9-20-56(55)57-37-36-54(41-59(42)57)63(51-30-25-46(26-31-51)49-18-12-17-48(39-49)44-15-6-3-7-16-44)52-32-27-47(28-33-52)50-29-38-62-60(40-50)58-21-10-11-22-61(58)64(62)53-34-23-45(24-35-53)43-13-4-2-5-14-43/h2-41H,1H2.